The van der Waals surface area contributed by atoms with Crippen molar-refractivity contribution < 1.29 is 9.90 Å². The number of nitrogens with one attached hydrogen (secondary N) is 1. The minimum Gasteiger partial charge on any atom is -0.395 e. The van der Waals surface area contributed by atoms with Crippen LogP contribution < -0.4 is 5.32 Å². The quantitative estimate of drug-likeness (QED) is 0.831. The van der Waals surface area contributed by atoms with E-state index < -0.39 is 0 Å². The summed E-state index contributed by atoms with van der Waals surface area (Å²) in [7, 11) is 0. The first kappa shape index (κ1) is 15.0. The Morgan fingerprint density at radius 1 is 1.40 bits per heavy atom. The molecular weight excluding hydrogens is 270 g/mol. The highest BCUT2D eigenvalue weighted by Crippen LogP contribution is 2.23. The summed E-state index contributed by atoms with van der Waals surface area (Å²) < 4.78 is 0. The number of aliphatic hydroxyl groups excluding tert-OH is 1. The second kappa shape index (κ2) is 7.98. The molecule has 1 saturated heterocycles. The Kier molecular flexibility index (Phi) is 5.97. The Morgan fingerprint density at radius 3 is 2.85 bits per heavy atom. The van der Waals surface area contributed by atoms with Gasteiger partial charge in [-0.25, -0.2) is 0 Å². The maximum Gasteiger partial charge on any atom is 0.224 e. The fourth-order valence-corrected chi connectivity index (χ4v) is 3.22. The molecular formula is C16H19NO2S. The van der Waals surface area contributed by atoms with Gasteiger partial charge in [-0.05, 0) is 29.9 Å². The van der Waals surface area contributed by atoms with E-state index >= 15 is 0 Å². The summed E-state index contributed by atoms with van der Waals surface area (Å²) in [5, 5.41) is 11.6. The SMILES string of the molecule is O=C(NCc1ccc(C#CCCO)cc1)C1CCSC1. The van der Waals surface area contributed by atoms with Crippen molar-refractivity contribution >= 4 is 17.7 Å². The van der Waals surface area contributed by atoms with E-state index in [9.17, 15) is 4.79 Å². The Hall–Kier alpha value is -1.44. The van der Waals surface area contributed by atoms with Crippen molar-refractivity contribution in [2.75, 3.05) is 18.1 Å². The van der Waals surface area contributed by atoms with Gasteiger partial charge in [0.1, 0.15) is 0 Å². The number of rotatable bonds is 4. The third-order valence-corrected chi connectivity index (χ3v) is 4.35. The molecule has 1 aliphatic heterocycles. The number of amides is 1. The fourth-order valence-electron chi connectivity index (χ4n) is 2.00. The lowest BCUT2D eigenvalue weighted by Crippen LogP contribution is -2.30. The summed E-state index contributed by atoms with van der Waals surface area (Å²) >= 11 is 1.85. The van der Waals surface area contributed by atoms with Crippen LogP contribution in [0.3, 0.4) is 0 Å². The van der Waals surface area contributed by atoms with Gasteiger partial charge in [-0.3, -0.25) is 4.79 Å². The Morgan fingerprint density at radius 2 is 2.20 bits per heavy atom. The molecule has 4 heteroatoms. The van der Waals surface area contributed by atoms with Crippen LogP contribution in [0.15, 0.2) is 24.3 Å². The van der Waals surface area contributed by atoms with Gasteiger partial charge in [-0.15, -0.1) is 0 Å². The first-order valence-corrected chi connectivity index (χ1v) is 7.99. The van der Waals surface area contributed by atoms with Gasteiger partial charge in [-0.1, -0.05) is 24.0 Å². The number of benzene rings is 1. The van der Waals surface area contributed by atoms with Gasteiger partial charge in [0.2, 0.25) is 5.91 Å². The van der Waals surface area contributed by atoms with E-state index in [1.165, 1.54) is 0 Å². The van der Waals surface area contributed by atoms with Crippen LogP contribution in [-0.4, -0.2) is 29.1 Å². The third kappa shape index (κ3) is 4.59. The minimum absolute atomic E-state index is 0.0938. The summed E-state index contributed by atoms with van der Waals surface area (Å²) in [5.41, 5.74) is 2.01. The topological polar surface area (TPSA) is 49.3 Å². The number of carbonyl (C=O) groups is 1. The molecule has 1 aliphatic rings. The van der Waals surface area contributed by atoms with E-state index in [0.717, 1.165) is 29.1 Å². The van der Waals surface area contributed by atoms with Crippen molar-refractivity contribution in [3.05, 3.63) is 35.4 Å². The van der Waals surface area contributed by atoms with E-state index in [0.29, 0.717) is 13.0 Å². The molecule has 3 nitrogen and oxygen atoms in total. The molecule has 0 saturated carbocycles. The molecule has 0 aromatic heterocycles. The number of hydrogen-bond acceptors (Lipinski definition) is 3. The molecule has 1 heterocycles. The first-order chi connectivity index (χ1) is 9.79. The second-order valence-electron chi connectivity index (χ2n) is 4.75. The largest absolute Gasteiger partial charge is 0.395 e. The number of thioether (sulfide) groups is 1. The molecule has 20 heavy (non-hydrogen) atoms. The zero-order valence-electron chi connectivity index (χ0n) is 11.4. The molecule has 106 valence electrons. The molecule has 1 aromatic carbocycles. The van der Waals surface area contributed by atoms with Crippen LogP contribution in [0.25, 0.3) is 0 Å². The van der Waals surface area contributed by atoms with Crippen molar-refractivity contribution in [3.63, 3.8) is 0 Å². The van der Waals surface area contributed by atoms with E-state index in [1.54, 1.807) is 0 Å². The Labute approximate surface area is 124 Å². The maximum atomic E-state index is 11.9. The highest BCUT2D eigenvalue weighted by atomic mass is 32.2. The molecule has 1 amide bonds. The van der Waals surface area contributed by atoms with Crippen LogP contribution in [0.4, 0.5) is 0 Å². The smallest absolute Gasteiger partial charge is 0.224 e. The third-order valence-electron chi connectivity index (χ3n) is 3.19. The van der Waals surface area contributed by atoms with Crippen LogP contribution in [0.1, 0.15) is 24.0 Å². The normalized spacial score (nSPS) is 17.4. The summed E-state index contributed by atoms with van der Waals surface area (Å²) in [5.74, 6) is 8.27. The Bertz CT molecular complexity index is 495. The molecule has 0 spiro atoms. The van der Waals surface area contributed by atoms with Crippen molar-refractivity contribution in [2.24, 2.45) is 5.92 Å². The zero-order chi connectivity index (χ0) is 14.2. The van der Waals surface area contributed by atoms with Gasteiger partial charge in [0.25, 0.3) is 0 Å². The summed E-state index contributed by atoms with van der Waals surface area (Å²) in [6, 6.07) is 7.84. The van der Waals surface area contributed by atoms with E-state index in [1.807, 2.05) is 36.0 Å². The van der Waals surface area contributed by atoms with Gasteiger partial charge >= 0.3 is 0 Å². The molecule has 1 atom stereocenters. The van der Waals surface area contributed by atoms with Crippen LogP contribution in [0, 0.1) is 17.8 Å². The lowest BCUT2D eigenvalue weighted by atomic mass is 10.1. The van der Waals surface area contributed by atoms with Gasteiger partial charge < -0.3 is 10.4 Å². The average Bonchev–Trinajstić information content (AvgIpc) is 3.01. The van der Waals surface area contributed by atoms with E-state index in [-0.39, 0.29) is 18.4 Å². The van der Waals surface area contributed by atoms with Crippen molar-refractivity contribution in [2.45, 2.75) is 19.4 Å². The summed E-state index contributed by atoms with van der Waals surface area (Å²) in [4.78, 5) is 11.9. The van der Waals surface area contributed by atoms with Crippen molar-refractivity contribution in [3.8, 4) is 11.8 Å². The second-order valence-corrected chi connectivity index (χ2v) is 5.90. The summed E-state index contributed by atoms with van der Waals surface area (Å²) in [6.07, 6.45) is 1.49. The van der Waals surface area contributed by atoms with Gasteiger partial charge in [-0.2, -0.15) is 11.8 Å². The van der Waals surface area contributed by atoms with Gasteiger partial charge in [0, 0.05) is 30.2 Å². The molecule has 1 fully saturated rings. The predicted octanol–water partition coefficient (Wildman–Crippen LogP) is 1.79. The molecule has 2 N–H and O–H groups in total. The lowest BCUT2D eigenvalue weighted by Gasteiger charge is -2.09. The highest BCUT2D eigenvalue weighted by molar-refractivity contribution is 7.99. The highest BCUT2D eigenvalue weighted by Gasteiger charge is 2.22. The molecule has 2 rings (SSSR count). The molecule has 1 unspecified atom stereocenters. The summed E-state index contributed by atoms with van der Waals surface area (Å²) in [6.45, 7) is 0.668. The Balaban J connectivity index is 1.81. The predicted molar refractivity (Wildman–Crippen MR) is 82.3 cm³/mol. The van der Waals surface area contributed by atoms with Gasteiger partial charge in [0.05, 0.1) is 6.61 Å². The van der Waals surface area contributed by atoms with Crippen LogP contribution >= 0.6 is 11.8 Å². The average molecular weight is 289 g/mol. The van der Waals surface area contributed by atoms with Crippen molar-refractivity contribution in [1.82, 2.24) is 5.32 Å². The molecule has 1 aromatic rings. The number of carbonyl (C=O) groups excluding carboxylic acids is 1. The fraction of sp³-hybridized carbons (Fsp3) is 0.438. The molecule has 0 radical (unpaired) electrons. The monoisotopic (exact) mass is 289 g/mol. The van der Waals surface area contributed by atoms with Crippen LogP contribution in [-0.2, 0) is 11.3 Å². The number of hydrogen-bond donors (Lipinski definition) is 2. The van der Waals surface area contributed by atoms with Crippen molar-refractivity contribution in [1.29, 1.82) is 0 Å². The standard InChI is InChI=1S/C16H19NO2S/c18-9-2-1-3-13-4-6-14(7-5-13)11-17-16(19)15-8-10-20-12-15/h4-7,15,18H,2,8-12H2,(H,17,19). The first-order valence-electron chi connectivity index (χ1n) is 6.83. The molecule has 0 bridgehead atoms. The molecule has 0 aliphatic carbocycles. The minimum atomic E-state index is 0.0938. The van der Waals surface area contributed by atoms with E-state index in [4.69, 9.17) is 5.11 Å². The lowest BCUT2D eigenvalue weighted by molar-refractivity contribution is -0.124. The van der Waals surface area contributed by atoms with Gasteiger partial charge in [0.15, 0.2) is 0 Å². The zero-order valence-corrected chi connectivity index (χ0v) is 12.2. The van der Waals surface area contributed by atoms with Crippen LogP contribution in [0.5, 0.6) is 0 Å². The van der Waals surface area contributed by atoms with E-state index in [2.05, 4.69) is 17.2 Å². The maximum absolute atomic E-state index is 11.9. The van der Waals surface area contributed by atoms with Crippen LogP contribution in [0.2, 0.25) is 0 Å². The number of aliphatic hydroxyl groups is 1.